The van der Waals surface area contributed by atoms with E-state index in [1.54, 1.807) is 56.9 Å². The first-order chi connectivity index (χ1) is 14.5. The number of rotatable bonds is 9. The fourth-order valence-electron chi connectivity index (χ4n) is 2.60. The summed E-state index contributed by atoms with van der Waals surface area (Å²) in [6.45, 7) is 0.252. The van der Waals surface area contributed by atoms with E-state index in [9.17, 15) is 8.78 Å². The van der Waals surface area contributed by atoms with Crippen LogP contribution in [0.2, 0.25) is 0 Å². The number of halogens is 2. The van der Waals surface area contributed by atoms with Crippen LogP contribution in [0.3, 0.4) is 0 Å². The molecule has 0 saturated heterocycles. The van der Waals surface area contributed by atoms with Crippen LogP contribution in [-0.4, -0.2) is 41.6 Å². The van der Waals surface area contributed by atoms with Gasteiger partial charge in [0.25, 0.3) is 6.43 Å². The van der Waals surface area contributed by atoms with Gasteiger partial charge in [-0.1, -0.05) is 11.8 Å². The SMILES string of the molecule is COc1ccc(OCc2cc(/C=N/n3c(SC)nnc3C(F)F)ccc2OC)cc1. The second-order valence-corrected chi connectivity index (χ2v) is 6.71. The average Bonchev–Trinajstić information content (AvgIpc) is 3.20. The van der Waals surface area contributed by atoms with Crippen LogP contribution in [0.15, 0.2) is 52.7 Å². The largest absolute Gasteiger partial charge is 0.497 e. The predicted molar refractivity (Wildman–Crippen MR) is 110 cm³/mol. The second-order valence-electron chi connectivity index (χ2n) is 5.94. The molecule has 30 heavy (non-hydrogen) atoms. The van der Waals surface area contributed by atoms with E-state index < -0.39 is 12.2 Å². The van der Waals surface area contributed by atoms with Gasteiger partial charge < -0.3 is 14.2 Å². The van der Waals surface area contributed by atoms with Crippen LogP contribution in [0.25, 0.3) is 0 Å². The molecule has 0 amide bonds. The van der Waals surface area contributed by atoms with Gasteiger partial charge in [0.05, 0.1) is 20.4 Å². The molecule has 0 radical (unpaired) electrons. The van der Waals surface area contributed by atoms with Crippen molar-refractivity contribution >= 4 is 18.0 Å². The lowest BCUT2D eigenvalue weighted by Gasteiger charge is -2.11. The number of ether oxygens (including phenoxy) is 3. The van der Waals surface area contributed by atoms with Gasteiger partial charge in [-0.15, -0.1) is 10.2 Å². The molecule has 0 bridgehead atoms. The summed E-state index contributed by atoms with van der Waals surface area (Å²) in [4.78, 5) is 0. The van der Waals surface area contributed by atoms with Gasteiger partial charge in [-0.05, 0) is 54.3 Å². The Morgan fingerprint density at radius 1 is 1.07 bits per heavy atom. The molecule has 0 spiro atoms. The Labute approximate surface area is 176 Å². The van der Waals surface area contributed by atoms with Crippen molar-refractivity contribution in [3.8, 4) is 17.2 Å². The maximum atomic E-state index is 13.1. The lowest BCUT2D eigenvalue weighted by molar-refractivity contribution is 0.135. The summed E-state index contributed by atoms with van der Waals surface area (Å²) in [5, 5.41) is 11.6. The quantitative estimate of drug-likeness (QED) is 0.367. The number of aromatic nitrogens is 3. The Morgan fingerprint density at radius 3 is 2.43 bits per heavy atom. The van der Waals surface area contributed by atoms with Gasteiger partial charge in [0.1, 0.15) is 23.9 Å². The van der Waals surface area contributed by atoms with Gasteiger partial charge in [0.15, 0.2) is 0 Å². The zero-order valence-electron chi connectivity index (χ0n) is 16.6. The third-order valence-electron chi connectivity index (χ3n) is 4.09. The molecule has 7 nitrogen and oxygen atoms in total. The number of nitrogens with zero attached hydrogens (tertiary/aromatic N) is 4. The van der Waals surface area contributed by atoms with Crippen LogP contribution in [0, 0.1) is 0 Å². The normalized spacial score (nSPS) is 11.3. The van der Waals surface area contributed by atoms with E-state index in [0.717, 1.165) is 16.0 Å². The fraction of sp³-hybridized carbons (Fsp3) is 0.250. The van der Waals surface area contributed by atoms with E-state index in [1.807, 2.05) is 6.07 Å². The molecule has 1 heterocycles. The summed E-state index contributed by atoms with van der Waals surface area (Å²) in [5.41, 5.74) is 1.46. The van der Waals surface area contributed by atoms with Gasteiger partial charge in [-0.2, -0.15) is 9.78 Å². The maximum absolute atomic E-state index is 13.1. The molecular formula is C20H20F2N4O3S. The third-order valence-corrected chi connectivity index (χ3v) is 4.71. The molecule has 3 aromatic rings. The Kier molecular flexibility index (Phi) is 7.23. The highest BCUT2D eigenvalue weighted by Gasteiger charge is 2.19. The summed E-state index contributed by atoms with van der Waals surface area (Å²) in [7, 11) is 3.16. The maximum Gasteiger partial charge on any atom is 0.299 e. The van der Waals surface area contributed by atoms with E-state index in [-0.39, 0.29) is 11.8 Å². The third kappa shape index (κ3) is 5.07. The lowest BCUT2D eigenvalue weighted by Crippen LogP contribution is -2.02. The van der Waals surface area contributed by atoms with Crippen LogP contribution in [0.5, 0.6) is 17.2 Å². The molecule has 10 heteroatoms. The van der Waals surface area contributed by atoms with E-state index in [2.05, 4.69) is 15.3 Å². The standard InChI is InChI=1S/C20H20F2N4O3S/c1-27-15-5-7-16(8-6-15)29-12-14-10-13(4-9-17(14)28-2)11-23-26-19(18(21)22)24-25-20(26)30-3/h4-11,18H,12H2,1-3H3/b23-11+. The van der Waals surface area contributed by atoms with Crippen molar-refractivity contribution in [3.05, 3.63) is 59.4 Å². The van der Waals surface area contributed by atoms with E-state index >= 15 is 0 Å². The van der Waals surface area contributed by atoms with E-state index in [0.29, 0.717) is 17.1 Å². The predicted octanol–water partition coefficient (Wildman–Crippen LogP) is 4.42. The first kappa shape index (κ1) is 21.6. The summed E-state index contributed by atoms with van der Waals surface area (Å²) < 4.78 is 43.6. The van der Waals surface area contributed by atoms with Crippen molar-refractivity contribution in [2.75, 3.05) is 20.5 Å². The molecule has 0 unspecified atom stereocenters. The monoisotopic (exact) mass is 434 g/mol. The number of alkyl halides is 2. The van der Waals surface area contributed by atoms with Gasteiger partial charge in [0.2, 0.25) is 11.0 Å². The van der Waals surface area contributed by atoms with Crippen LogP contribution in [0.4, 0.5) is 8.78 Å². The van der Waals surface area contributed by atoms with Crippen molar-refractivity contribution in [1.29, 1.82) is 0 Å². The Morgan fingerprint density at radius 2 is 1.80 bits per heavy atom. The molecule has 0 aliphatic rings. The minimum absolute atomic E-state index is 0.252. The Balaban J connectivity index is 1.80. The number of methoxy groups -OCH3 is 2. The van der Waals surface area contributed by atoms with Gasteiger partial charge in [-0.25, -0.2) is 8.78 Å². The number of hydrogen-bond acceptors (Lipinski definition) is 7. The average molecular weight is 434 g/mol. The van der Waals surface area contributed by atoms with Crippen LogP contribution in [-0.2, 0) is 6.61 Å². The molecule has 1 aromatic heterocycles. The summed E-state index contributed by atoms with van der Waals surface area (Å²) in [6.07, 6.45) is 0.401. The lowest BCUT2D eigenvalue weighted by atomic mass is 10.1. The summed E-state index contributed by atoms with van der Waals surface area (Å²) in [6, 6.07) is 12.6. The molecule has 0 atom stereocenters. The smallest absolute Gasteiger partial charge is 0.299 e. The number of thioether (sulfide) groups is 1. The summed E-state index contributed by atoms with van der Waals surface area (Å²) in [5.74, 6) is 1.54. The van der Waals surface area contributed by atoms with E-state index in [4.69, 9.17) is 14.2 Å². The van der Waals surface area contributed by atoms with Crippen molar-refractivity contribution in [2.24, 2.45) is 5.10 Å². The van der Waals surface area contributed by atoms with Crippen LogP contribution >= 0.6 is 11.8 Å². The zero-order chi connectivity index (χ0) is 21.5. The molecule has 0 fully saturated rings. The van der Waals surface area contributed by atoms with Crippen LogP contribution < -0.4 is 14.2 Å². The van der Waals surface area contributed by atoms with Gasteiger partial charge >= 0.3 is 0 Å². The van der Waals surface area contributed by atoms with Crippen molar-refractivity contribution in [3.63, 3.8) is 0 Å². The second kappa shape index (κ2) is 10.1. The highest BCUT2D eigenvalue weighted by atomic mass is 32.2. The van der Waals surface area contributed by atoms with Crippen molar-refractivity contribution in [1.82, 2.24) is 14.9 Å². The molecule has 3 rings (SSSR count). The molecular weight excluding hydrogens is 414 g/mol. The van der Waals surface area contributed by atoms with Crippen molar-refractivity contribution < 1.29 is 23.0 Å². The highest BCUT2D eigenvalue weighted by Crippen LogP contribution is 2.24. The van der Waals surface area contributed by atoms with Gasteiger partial charge in [0, 0.05) is 5.56 Å². The van der Waals surface area contributed by atoms with Crippen molar-refractivity contribution in [2.45, 2.75) is 18.2 Å². The first-order valence-corrected chi connectivity index (χ1v) is 10.0. The topological polar surface area (TPSA) is 70.8 Å². The molecule has 0 saturated carbocycles. The minimum Gasteiger partial charge on any atom is -0.497 e. The van der Waals surface area contributed by atoms with E-state index in [1.165, 1.54) is 18.0 Å². The molecule has 158 valence electrons. The first-order valence-electron chi connectivity index (χ1n) is 8.81. The molecule has 0 N–H and O–H groups in total. The zero-order valence-corrected chi connectivity index (χ0v) is 17.4. The van der Waals surface area contributed by atoms with Gasteiger partial charge in [-0.3, -0.25) is 0 Å². The Bertz CT molecular complexity index is 1010. The number of benzene rings is 2. The highest BCUT2D eigenvalue weighted by molar-refractivity contribution is 7.98. The molecule has 2 aromatic carbocycles. The minimum atomic E-state index is -2.78. The number of hydrogen-bond donors (Lipinski definition) is 0. The summed E-state index contributed by atoms with van der Waals surface area (Å²) >= 11 is 1.18. The fourth-order valence-corrected chi connectivity index (χ4v) is 3.03. The molecule has 0 aliphatic heterocycles. The Hall–Kier alpha value is -3.14. The van der Waals surface area contributed by atoms with Crippen LogP contribution in [0.1, 0.15) is 23.4 Å². The molecule has 0 aliphatic carbocycles.